The number of Topliss-reactive ketones (excluding diaryl/α,β-unsaturated/α-hetero) is 1. The molecule has 0 aliphatic heterocycles. The van der Waals surface area contributed by atoms with E-state index in [9.17, 15) is 4.79 Å². The van der Waals surface area contributed by atoms with Crippen LogP contribution in [0.25, 0.3) is 0 Å². The molecular formula is C9H11NO. The van der Waals surface area contributed by atoms with E-state index in [-0.39, 0.29) is 17.6 Å². The summed E-state index contributed by atoms with van der Waals surface area (Å²) in [7, 11) is 0. The molecule has 11 heavy (non-hydrogen) atoms. The summed E-state index contributed by atoms with van der Waals surface area (Å²) in [6.07, 6.45) is 3.25. The summed E-state index contributed by atoms with van der Waals surface area (Å²) in [5, 5.41) is 8.33. The van der Waals surface area contributed by atoms with Gasteiger partial charge in [0.1, 0.15) is 0 Å². The lowest BCUT2D eigenvalue weighted by Gasteiger charge is -2.68. The first kappa shape index (κ1) is 6.84. The Morgan fingerprint density at radius 3 is 2.45 bits per heavy atom. The monoisotopic (exact) mass is 149 g/mol. The van der Waals surface area contributed by atoms with Crippen molar-refractivity contribution < 1.29 is 4.79 Å². The van der Waals surface area contributed by atoms with Crippen molar-refractivity contribution in [2.45, 2.75) is 32.6 Å². The number of hydrogen-bond donors (Lipinski definition) is 0. The van der Waals surface area contributed by atoms with Gasteiger partial charge in [-0.25, -0.2) is 0 Å². The number of hydrogen-bond acceptors (Lipinski definition) is 2. The third-order valence-electron chi connectivity index (χ3n) is 3.13. The summed E-state index contributed by atoms with van der Waals surface area (Å²) in [6, 6.07) is 1.93. The molecule has 0 heterocycles. The van der Waals surface area contributed by atoms with Crippen molar-refractivity contribution in [3.63, 3.8) is 0 Å². The molecule has 0 amide bonds. The summed E-state index contributed by atoms with van der Waals surface area (Å²) in [5.41, 5.74) is 0.454. The van der Waals surface area contributed by atoms with Crippen LogP contribution >= 0.6 is 0 Å². The van der Waals surface area contributed by atoms with E-state index < -0.39 is 0 Å². The molecule has 2 nitrogen and oxygen atoms in total. The third kappa shape index (κ3) is 0.686. The van der Waals surface area contributed by atoms with E-state index in [0.717, 1.165) is 19.3 Å². The van der Waals surface area contributed by atoms with Crippen molar-refractivity contribution in [3.8, 4) is 6.07 Å². The number of nitriles is 1. The SMILES string of the molecule is CC12CC(C(=O)CC#N)(C1)C2. The first-order valence-corrected chi connectivity index (χ1v) is 4.01. The maximum absolute atomic E-state index is 11.3. The molecule has 0 radical (unpaired) electrons. The van der Waals surface area contributed by atoms with Crippen molar-refractivity contribution in [2.75, 3.05) is 0 Å². The van der Waals surface area contributed by atoms with Gasteiger partial charge in [-0.2, -0.15) is 5.26 Å². The van der Waals surface area contributed by atoms with Gasteiger partial charge in [0.05, 0.1) is 12.5 Å². The minimum atomic E-state index is -0.0233. The molecule has 0 atom stereocenters. The molecule has 3 aliphatic carbocycles. The highest BCUT2D eigenvalue weighted by Gasteiger charge is 2.68. The van der Waals surface area contributed by atoms with Crippen LogP contribution in [0.5, 0.6) is 0 Å². The molecule has 0 aromatic heterocycles. The van der Waals surface area contributed by atoms with Crippen LogP contribution in [0.3, 0.4) is 0 Å². The highest BCUT2D eigenvalue weighted by atomic mass is 16.1. The van der Waals surface area contributed by atoms with Crippen LogP contribution in [-0.2, 0) is 4.79 Å². The van der Waals surface area contributed by atoms with Crippen molar-refractivity contribution >= 4 is 5.78 Å². The zero-order valence-corrected chi connectivity index (χ0v) is 6.68. The maximum Gasteiger partial charge on any atom is 0.153 e. The molecule has 3 rings (SSSR count). The lowest BCUT2D eigenvalue weighted by molar-refractivity contribution is -0.196. The first-order valence-electron chi connectivity index (χ1n) is 4.01. The molecule has 58 valence electrons. The second-order valence-electron chi connectivity index (χ2n) is 4.38. The smallest absolute Gasteiger partial charge is 0.153 e. The van der Waals surface area contributed by atoms with E-state index in [1.54, 1.807) is 0 Å². The second kappa shape index (κ2) is 1.66. The quantitative estimate of drug-likeness (QED) is 0.599. The Labute approximate surface area is 66.2 Å². The van der Waals surface area contributed by atoms with Gasteiger partial charge in [0.15, 0.2) is 5.78 Å². The van der Waals surface area contributed by atoms with Gasteiger partial charge in [0.2, 0.25) is 0 Å². The fourth-order valence-corrected chi connectivity index (χ4v) is 2.85. The van der Waals surface area contributed by atoms with Crippen LogP contribution in [0.15, 0.2) is 0 Å². The second-order valence-corrected chi connectivity index (χ2v) is 4.38. The van der Waals surface area contributed by atoms with Gasteiger partial charge in [-0.05, 0) is 24.7 Å². The van der Waals surface area contributed by atoms with Gasteiger partial charge in [-0.15, -0.1) is 0 Å². The van der Waals surface area contributed by atoms with Crippen molar-refractivity contribution in [1.82, 2.24) is 0 Å². The standard InChI is InChI=1S/C9H11NO/c1-8-4-9(5-8,6-8)7(11)2-3-10/h2,4-6H2,1H3. The fourth-order valence-electron chi connectivity index (χ4n) is 2.85. The van der Waals surface area contributed by atoms with Gasteiger partial charge in [0.25, 0.3) is 0 Å². The third-order valence-corrected chi connectivity index (χ3v) is 3.13. The summed E-state index contributed by atoms with van der Waals surface area (Å²) >= 11 is 0. The van der Waals surface area contributed by atoms with E-state index in [0.29, 0.717) is 5.41 Å². The van der Waals surface area contributed by atoms with Gasteiger partial charge < -0.3 is 0 Å². The van der Waals surface area contributed by atoms with Crippen molar-refractivity contribution in [2.24, 2.45) is 10.8 Å². The van der Waals surface area contributed by atoms with Crippen LogP contribution in [0.1, 0.15) is 32.6 Å². The highest BCUT2D eigenvalue weighted by molar-refractivity contribution is 5.89. The molecule has 0 aromatic rings. The van der Waals surface area contributed by atoms with Crippen molar-refractivity contribution in [3.05, 3.63) is 0 Å². The molecule has 2 heteroatoms. The predicted molar refractivity (Wildman–Crippen MR) is 39.6 cm³/mol. The Bertz CT molecular complexity index is 241. The summed E-state index contributed by atoms with van der Waals surface area (Å²) in [4.78, 5) is 11.3. The Morgan fingerprint density at radius 2 is 2.09 bits per heavy atom. The van der Waals surface area contributed by atoms with E-state index in [2.05, 4.69) is 6.92 Å². The van der Waals surface area contributed by atoms with E-state index >= 15 is 0 Å². The average Bonchev–Trinajstić information content (AvgIpc) is 1.79. The van der Waals surface area contributed by atoms with Gasteiger partial charge >= 0.3 is 0 Å². The molecule has 0 unspecified atom stereocenters. The molecule has 0 saturated heterocycles. The Kier molecular flexibility index (Phi) is 1.03. The summed E-state index contributed by atoms with van der Waals surface area (Å²) < 4.78 is 0. The molecule has 0 N–H and O–H groups in total. The lowest BCUT2D eigenvalue weighted by Crippen LogP contribution is -2.63. The molecule has 0 aromatic carbocycles. The first-order chi connectivity index (χ1) is 5.10. The minimum Gasteiger partial charge on any atom is -0.298 e. The Balaban J connectivity index is 2.00. The molecular weight excluding hydrogens is 138 g/mol. The molecule has 3 saturated carbocycles. The lowest BCUT2D eigenvalue weighted by atomic mass is 9.34. The van der Waals surface area contributed by atoms with Crippen molar-refractivity contribution in [1.29, 1.82) is 5.26 Å². The number of carbonyl (C=O) groups is 1. The molecule has 2 bridgehead atoms. The van der Waals surface area contributed by atoms with E-state index in [1.807, 2.05) is 6.07 Å². The van der Waals surface area contributed by atoms with Crippen LogP contribution in [-0.4, -0.2) is 5.78 Å². The zero-order chi connectivity index (χ0) is 8.11. The molecule has 3 fully saturated rings. The Morgan fingerprint density at radius 1 is 1.55 bits per heavy atom. The van der Waals surface area contributed by atoms with Crippen LogP contribution in [0, 0.1) is 22.2 Å². The Hall–Kier alpha value is -0.840. The van der Waals surface area contributed by atoms with Gasteiger partial charge in [-0.3, -0.25) is 4.79 Å². The van der Waals surface area contributed by atoms with Crippen LogP contribution in [0.4, 0.5) is 0 Å². The predicted octanol–water partition coefficient (Wildman–Crippen LogP) is 1.66. The molecule has 0 spiro atoms. The van der Waals surface area contributed by atoms with Gasteiger partial charge in [0, 0.05) is 5.41 Å². The van der Waals surface area contributed by atoms with Crippen LogP contribution in [0.2, 0.25) is 0 Å². The van der Waals surface area contributed by atoms with E-state index in [4.69, 9.17) is 5.26 Å². The maximum atomic E-state index is 11.3. The number of rotatable bonds is 2. The number of ketones is 1. The summed E-state index contributed by atoms with van der Waals surface area (Å²) in [6.45, 7) is 2.22. The van der Waals surface area contributed by atoms with E-state index in [1.165, 1.54) is 0 Å². The largest absolute Gasteiger partial charge is 0.298 e. The van der Waals surface area contributed by atoms with Gasteiger partial charge in [-0.1, -0.05) is 6.92 Å². The zero-order valence-electron chi connectivity index (χ0n) is 6.68. The van der Waals surface area contributed by atoms with Crippen LogP contribution < -0.4 is 0 Å². The summed E-state index contributed by atoms with van der Waals surface area (Å²) in [5.74, 6) is 0.184. The number of nitrogens with zero attached hydrogens (tertiary/aromatic N) is 1. The average molecular weight is 149 g/mol. The normalized spacial score (nSPS) is 45.1. The molecule has 3 aliphatic rings. The number of carbonyl (C=O) groups excluding carboxylic acids is 1. The highest BCUT2D eigenvalue weighted by Crippen LogP contribution is 2.73. The topological polar surface area (TPSA) is 40.9 Å². The fraction of sp³-hybridized carbons (Fsp3) is 0.778. The minimum absolute atomic E-state index is 0.0233.